The summed E-state index contributed by atoms with van der Waals surface area (Å²) in [6.07, 6.45) is 2.05. The fourth-order valence-electron chi connectivity index (χ4n) is 4.92. The smallest absolute Gasteiger partial charge is 0.411 e. The van der Waals surface area contributed by atoms with Gasteiger partial charge in [-0.2, -0.15) is 0 Å². The van der Waals surface area contributed by atoms with Crippen molar-refractivity contribution >= 4 is 40.2 Å². The lowest BCUT2D eigenvalue weighted by molar-refractivity contribution is -0.129. The van der Waals surface area contributed by atoms with Crippen molar-refractivity contribution in [2.75, 3.05) is 18.8 Å². The van der Waals surface area contributed by atoms with Gasteiger partial charge in [-0.15, -0.1) is 11.8 Å². The summed E-state index contributed by atoms with van der Waals surface area (Å²) in [5, 5.41) is 0. The summed E-state index contributed by atoms with van der Waals surface area (Å²) >= 11 is 6.87. The van der Waals surface area contributed by atoms with E-state index in [0.717, 1.165) is 29.0 Å². The van der Waals surface area contributed by atoms with Crippen LogP contribution >= 0.6 is 24.0 Å². The summed E-state index contributed by atoms with van der Waals surface area (Å²) in [4.78, 5) is 29.2. The van der Waals surface area contributed by atoms with Crippen molar-refractivity contribution in [3.05, 3.63) is 71.3 Å². The molecule has 2 aliphatic heterocycles. The van der Waals surface area contributed by atoms with E-state index in [1.807, 2.05) is 52.3 Å². The van der Waals surface area contributed by atoms with Gasteiger partial charge in [-0.05, 0) is 29.5 Å². The van der Waals surface area contributed by atoms with Crippen LogP contribution in [0.4, 0.5) is 4.79 Å². The van der Waals surface area contributed by atoms with Gasteiger partial charge in [-0.25, -0.2) is 4.79 Å². The molecule has 2 fully saturated rings. The van der Waals surface area contributed by atoms with Gasteiger partial charge in [0, 0.05) is 25.6 Å². The average molecular weight is 453 g/mol. The normalized spacial score (nSPS) is 22.8. The van der Waals surface area contributed by atoms with E-state index < -0.39 is 0 Å². The third-order valence-electron chi connectivity index (χ3n) is 6.46. The van der Waals surface area contributed by atoms with Gasteiger partial charge in [0.15, 0.2) is 0 Å². The molecule has 2 amide bonds. The molecule has 2 unspecified atom stereocenters. The third kappa shape index (κ3) is 3.96. The number of hydrogen-bond donors (Lipinski definition) is 0. The number of fused-ring (bicyclic) bond motifs is 3. The number of carbonyl (C=O) groups excluding carboxylic acids is 2. The highest BCUT2D eigenvalue weighted by Gasteiger charge is 2.50. The van der Waals surface area contributed by atoms with E-state index in [4.69, 9.17) is 17.0 Å². The first-order valence-corrected chi connectivity index (χ1v) is 12.1. The molecule has 0 N–H and O–H groups in total. The molecule has 2 saturated heterocycles. The van der Waals surface area contributed by atoms with Gasteiger partial charge in [0.25, 0.3) is 0 Å². The summed E-state index contributed by atoms with van der Waals surface area (Å²) in [5.41, 5.74) is 3.46. The lowest BCUT2D eigenvalue weighted by atomic mass is 9.99. The Balaban J connectivity index is 1.17. The molecule has 0 saturated carbocycles. The van der Waals surface area contributed by atoms with Crippen LogP contribution in [0.3, 0.4) is 0 Å². The van der Waals surface area contributed by atoms with Crippen LogP contribution in [-0.2, 0) is 16.0 Å². The van der Waals surface area contributed by atoms with Gasteiger partial charge in [0.1, 0.15) is 6.10 Å². The topological polar surface area (TPSA) is 49.9 Å². The van der Waals surface area contributed by atoms with Crippen molar-refractivity contribution < 1.29 is 14.3 Å². The van der Waals surface area contributed by atoms with Crippen molar-refractivity contribution in [3.8, 4) is 0 Å². The van der Waals surface area contributed by atoms with Crippen LogP contribution in [0, 0.1) is 0 Å². The minimum Gasteiger partial charge on any atom is -0.443 e. The van der Waals surface area contributed by atoms with Crippen LogP contribution < -0.4 is 0 Å². The molecular weight excluding hydrogens is 428 g/mol. The maximum atomic E-state index is 12.7. The minimum absolute atomic E-state index is 0.00903. The molecule has 1 aliphatic carbocycles. The zero-order valence-electron chi connectivity index (χ0n) is 17.1. The van der Waals surface area contributed by atoms with Gasteiger partial charge < -0.3 is 9.64 Å². The molecule has 5 rings (SSSR count). The molecule has 2 atom stereocenters. The van der Waals surface area contributed by atoms with Crippen molar-refractivity contribution in [1.29, 1.82) is 0 Å². The van der Waals surface area contributed by atoms with E-state index in [9.17, 15) is 9.59 Å². The summed E-state index contributed by atoms with van der Waals surface area (Å²) in [5.74, 6) is 0.456. The zero-order chi connectivity index (χ0) is 21.4. The van der Waals surface area contributed by atoms with Crippen LogP contribution in [0.1, 0.15) is 35.6 Å². The van der Waals surface area contributed by atoms with Crippen molar-refractivity contribution in [2.24, 2.45) is 0 Å². The third-order valence-corrected chi connectivity index (χ3v) is 7.93. The molecule has 0 aromatic heterocycles. The number of carbonyl (C=O) groups is 2. The van der Waals surface area contributed by atoms with Crippen LogP contribution in [0.25, 0.3) is 0 Å². The van der Waals surface area contributed by atoms with Gasteiger partial charge in [-0.1, -0.05) is 66.8 Å². The first kappa shape index (κ1) is 20.5. The fraction of sp³-hybridized carbons (Fsp3) is 0.375. The lowest BCUT2D eigenvalue weighted by Crippen LogP contribution is -2.48. The zero-order valence-corrected chi connectivity index (χ0v) is 18.7. The molecule has 2 aromatic rings. The van der Waals surface area contributed by atoms with E-state index in [-0.39, 0.29) is 30.2 Å². The number of ether oxygens (including phenoxy) is 1. The Labute approximate surface area is 191 Å². The number of hydrogen-bond acceptors (Lipinski definition) is 5. The van der Waals surface area contributed by atoms with Crippen molar-refractivity contribution in [2.45, 2.75) is 37.5 Å². The second-order valence-electron chi connectivity index (χ2n) is 8.23. The number of rotatable bonds is 4. The Morgan fingerprint density at radius 1 is 1.06 bits per heavy atom. The number of nitrogens with zero attached hydrogens (tertiary/aromatic N) is 2. The quantitative estimate of drug-likeness (QED) is 0.651. The molecule has 31 heavy (non-hydrogen) atoms. The van der Waals surface area contributed by atoms with Crippen LogP contribution in [0.5, 0.6) is 0 Å². The maximum absolute atomic E-state index is 12.7. The molecule has 0 spiro atoms. The number of benzene rings is 2. The van der Waals surface area contributed by atoms with Gasteiger partial charge in [-0.3, -0.25) is 9.69 Å². The second-order valence-corrected chi connectivity index (χ2v) is 9.88. The number of thioether (sulfide) groups is 1. The fourth-order valence-corrected chi connectivity index (χ4v) is 5.97. The average Bonchev–Trinajstić information content (AvgIpc) is 3.32. The lowest BCUT2D eigenvalue weighted by Gasteiger charge is -2.38. The van der Waals surface area contributed by atoms with Gasteiger partial charge in [0.2, 0.25) is 5.91 Å². The SMILES string of the molecule is O=C(CSC(=S)c1ccccc1)N1CCC(N2C(=O)OC3Cc4ccccc4C32)CC1. The standard InChI is InChI=1S/C24H24N2O3S2/c27-21(15-31-23(30)16-6-2-1-3-7-16)25-12-10-18(11-13-25)26-22-19-9-5-4-8-17(19)14-20(22)29-24(26)28/h1-9,18,20,22H,10-15H2. The predicted molar refractivity (Wildman–Crippen MR) is 125 cm³/mol. The van der Waals surface area contributed by atoms with E-state index in [1.54, 1.807) is 0 Å². The molecule has 5 nitrogen and oxygen atoms in total. The molecule has 0 bridgehead atoms. The highest BCUT2D eigenvalue weighted by atomic mass is 32.2. The molecule has 2 heterocycles. The van der Waals surface area contributed by atoms with E-state index >= 15 is 0 Å². The Morgan fingerprint density at radius 3 is 2.55 bits per heavy atom. The highest BCUT2D eigenvalue weighted by molar-refractivity contribution is 8.24. The number of amides is 2. The molecule has 0 radical (unpaired) electrons. The number of likely N-dealkylation sites (tertiary alicyclic amines) is 1. The summed E-state index contributed by atoms with van der Waals surface area (Å²) in [6.45, 7) is 1.32. The predicted octanol–water partition coefficient (Wildman–Crippen LogP) is 4.20. The van der Waals surface area contributed by atoms with E-state index in [1.165, 1.54) is 22.9 Å². The van der Waals surface area contributed by atoms with Gasteiger partial charge in [0.05, 0.1) is 16.0 Å². The minimum atomic E-state index is -0.210. The Bertz CT molecular complexity index is 1000. The van der Waals surface area contributed by atoms with Crippen LogP contribution in [0.2, 0.25) is 0 Å². The number of thiocarbonyl (C=S) groups is 1. The monoisotopic (exact) mass is 452 g/mol. The van der Waals surface area contributed by atoms with E-state index in [0.29, 0.717) is 18.8 Å². The van der Waals surface area contributed by atoms with Crippen LogP contribution in [0.15, 0.2) is 54.6 Å². The molecule has 7 heteroatoms. The van der Waals surface area contributed by atoms with Crippen molar-refractivity contribution in [3.63, 3.8) is 0 Å². The van der Waals surface area contributed by atoms with E-state index in [2.05, 4.69) is 12.1 Å². The van der Waals surface area contributed by atoms with Gasteiger partial charge >= 0.3 is 6.09 Å². The summed E-state index contributed by atoms with van der Waals surface area (Å²) in [6, 6.07) is 18.2. The molecule has 3 aliphatic rings. The first-order chi connectivity index (χ1) is 15.1. The first-order valence-electron chi connectivity index (χ1n) is 10.7. The Morgan fingerprint density at radius 2 is 1.77 bits per heavy atom. The maximum Gasteiger partial charge on any atom is 0.411 e. The number of piperidine rings is 1. The highest BCUT2D eigenvalue weighted by Crippen LogP contribution is 2.44. The van der Waals surface area contributed by atoms with Crippen molar-refractivity contribution in [1.82, 2.24) is 9.80 Å². The summed E-state index contributed by atoms with van der Waals surface area (Å²) in [7, 11) is 0. The molecule has 160 valence electrons. The molecule has 2 aromatic carbocycles. The Hall–Kier alpha value is -2.38. The Kier molecular flexibility index (Phi) is 5.71. The van der Waals surface area contributed by atoms with Crippen LogP contribution in [-0.4, -0.2) is 57.0 Å². The summed E-state index contributed by atoms with van der Waals surface area (Å²) < 4.78 is 6.45. The second kappa shape index (κ2) is 8.63. The largest absolute Gasteiger partial charge is 0.443 e. The molecular formula is C24H24N2O3S2.